The first-order chi connectivity index (χ1) is 10.7. The molecule has 2 rings (SSSR count). The van der Waals surface area contributed by atoms with Gasteiger partial charge < -0.3 is 15.2 Å². The minimum absolute atomic E-state index is 0. The number of halogens is 1. The summed E-state index contributed by atoms with van der Waals surface area (Å²) >= 11 is 0. The molecule has 1 aliphatic heterocycles. The number of aliphatic imine (C=N–C) groups is 1. The SMILES string of the molecule is CCNC(=NCc1nnc2n1CCC2)NCCCCC(C)C.I. The molecule has 2 N–H and O–H groups in total. The Morgan fingerprint density at radius 1 is 1.26 bits per heavy atom. The Labute approximate surface area is 157 Å². The number of hydrogen-bond donors (Lipinski definition) is 2. The maximum absolute atomic E-state index is 4.64. The predicted molar refractivity (Wildman–Crippen MR) is 105 cm³/mol. The third-order valence-electron chi connectivity index (χ3n) is 3.91. The highest BCUT2D eigenvalue weighted by atomic mass is 127. The van der Waals surface area contributed by atoms with Crippen molar-refractivity contribution in [1.82, 2.24) is 25.4 Å². The van der Waals surface area contributed by atoms with E-state index in [1.807, 2.05) is 0 Å². The average Bonchev–Trinajstić information content (AvgIpc) is 3.07. The number of rotatable bonds is 8. The van der Waals surface area contributed by atoms with Crippen LogP contribution in [0, 0.1) is 5.92 Å². The van der Waals surface area contributed by atoms with Crippen molar-refractivity contribution in [3.63, 3.8) is 0 Å². The van der Waals surface area contributed by atoms with Gasteiger partial charge in [-0.2, -0.15) is 0 Å². The van der Waals surface area contributed by atoms with Gasteiger partial charge in [0.25, 0.3) is 0 Å². The molecular weight excluding hydrogens is 403 g/mol. The second kappa shape index (κ2) is 10.8. The number of unbranched alkanes of at least 4 members (excludes halogenated alkanes) is 1. The van der Waals surface area contributed by atoms with E-state index in [1.165, 1.54) is 25.7 Å². The number of aromatic nitrogens is 3. The summed E-state index contributed by atoms with van der Waals surface area (Å²) in [7, 11) is 0. The molecule has 1 aromatic rings. The average molecular weight is 434 g/mol. The van der Waals surface area contributed by atoms with Gasteiger partial charge in [-0.1, -0.05) is 26.7 Å². The van der Waals surface area contributed by atoms with E-state index >= 15 is 0 Å². The van der Waals surface area contributed by atoms with Crippen LogP contribution >= 0.6 is 24.0 Å². The molecule has 132 valence electrons. The standard InChI is InChI=1S/C16H30N6.HI/c1-4-17-16(18-10-6-5-8-13(2)3)19-12-15-21-20-14-9-7-11-22(14)15;/h13H,4-12H2,1-3H3,(H2,17,18,19);1H. The summed E-state index contributed by atoms with van der Waals surface area (Å²) in [5, 5.41) is 15.2. The summed E-state index contributed by atoms with van der Waals surface area (Å²) in [6.45, 7) is 10.1. The van der Waals surface area contributed by atoms with Gasteiger partial charge in [0.05, 0.1) is 0 Å². The second-order valence-electron chi connectivity index (χ2n) is 6.30. The molecule has 6 nitrogen and oxygen atoms in total. The highest BCUT2D eigenvalue weighted by molar-refractivity contribution is 14.0. The van der Waals surface area contributed by atoms with Gasteiger partial charge in [-0.15, -0.1) is 34.2 Å². The maximum atomic E-state index is 4.64. The first-order valence-electron chi connectivity index (χ1n) is 8.63. The normalized spacial score (nSPS) is 13.8. The first kappa shape index (κ1) is 20.2. The number of fused-ring (bicyclic) bond motifs is 1. The van der Waals surface area contributed by atoms with E-state index in [-0.39, 0.29) is 24.0 Å². The summed E-state index contributed by atoms with van der Waals surface area (Å²) in [6, 6.07) is 0. The monoisotopic (exact) mass is 434 g/mol. The van der Waals surface area contributed by atoms with Crippen LogP contribution in [0.25, 0.3) is 0 Å². The Bertz CT molecular complexity index is 483. The van der Waals surface area contributed by atoms with Gasteiger partial charge in [-0.3, -0.25) is 0 Å². The number of guanidine groups is 1. The van der Waals surface area contributed by atoms with E-state index in [4.69, 9.17) is 0 Å². The summed E-state index contributed by atoms with van der Waals surface area (Å²) in [6.07, 6.45) is 5.96. The smallest absolute Gasteiger partial charge is 0.191 e. The number of hydrogen-bond acceptors (Lipinski definition) is 3. The Kier molecular flexibility index (Phi) is 9.50. The molecule has 0 fully saturated rings. The van der Waals surface area contributed by atoms with Crippen LogP contribution in [0.15, 0.2) is 4.99 Å². The van der Waals surface area contributed by atoms with Gasteiger partial charge in [-0.05, 0) is 25.7 Å². The minimum atomic E-state index is 0. The molecule has 2 heterocycles. The van der Waals surface area contributed by atoms with Crippen LogP contribution in [-0.4, -0.2) is 33.8 Å². The lowest BCUT2D eigenvalue weighted by Crippen LogP contribution is -2.37. The lowest BCUT2D eigenvalue weighted by Gasteiger charge is -2.11. The van der Waals surface area contributed by atoms with E-state index < -0.39 is 0 Å². The maximum Gasteiger partial charge on any atom is 0.191 e. The summed E-state index contributed by atoms with van der Waals surface area (Å²) in [5.41, 5.74) is 0. The largest absolute Gasteiger partial charge is 0.357 e. The third kappa shape index (κ3) is 6.64. The zero-order valence-corrected chi connectivity index (χ0v) is 17.0. The van der Waals surface area contributed by atoms with Crippen LogP contribution in [0.4, 0.5) is 0 Å². The van der Waals surface area contributed by atoms with Gasteiger partial charge in [0.1, 0.15) is 12.4 Å². The Balaban J connectivity index is 0.00000264. The highest BCUT2D eigenvalue weighted by Gasteiger charge is 2.16. The number of aryl methyl sites for hydroxylation is 1. The molecule has 0 unspecified atom stereocenters. The van der Waals surface area contributed by atoms with Gasteiger partial charge in [0.15, 0.2) is 11.8 Å². The molecular formula is C16H31IN6. The molecule has 23 heavy (non-hydrogen) atoms. The summed E-state index contributed by atoms with van der Waals surface area (Å²) in [5.74, 6) is 3.75. The molecule has 7 heteroatoms. The predicted octanol–water partition coefficient (Wildman–Crippen LogP) is 2.72. The molecule has 0 aliphatic carbocycles. The molecule has 0 saturated carbocycles. The van der Waals surface area contributed by atoms with Crippen molar-refractivity contribution >= 4 is 29.9 Å². The fraction of sp³-hybridized carbons (Fsp3) is 0.812. The van der Waals surface area contributed by atoms with Crippen LogP contribution in [-0.2, 0) is 19.5 Å². The Morgan fingerprint density at radius 2 is 2.09 bits per heavy atom. The number of nitrogens with one attached hydrogen (secondary N) is 2. The van der Waals surface area contributed by atoms with Gasteiger partial charge in [-0.25, -0.2) is 4.99 Å². The topological polar surface area (TPSA) is 67.1 Å². The van der Waals surface area contributed by atoms with Crippen molar-refractivity contribution in [2.45, 2.75) is 66.0 Å². The zero-order valence-electron chi connectivity index (χ0n) is 14.6. The molecule has 0 amide bonds. The van der Waals surface area contributed by atoms with Crippen LogP contribution < -0.4 is 10.6 Å². The van der Waals surface area contributed by atoms with Crippen molar-refractivity contribution < 1.29 is 0 Å². The lowest BCUT2D eigenvalue weighted by molar-refractivity contribution is 0.534. The molecule has 0 atom stereocenters. The van der Waals surface area contributed by atoms with E-state index in [9.17, 15) is 0 Å². The van der Waals surface area contributed by atoms with E-state index in [2.05, 4.69) is 51.2 Å². The quantitative estimate of drug-likeness (QED) is 0.286. The first-order valence-corrected chi connectivity index (χ1v) is 8.63. The Morgan fingerprint density at radius 3 is 2.83 bits per heavy atom. The van der Waals surface area contributed by atoms with E-state index in [1.54, 1.807) is 0 Å². The fourth-order valence-electron chi connectivity index (χ4n) is 2.70. The number of nitrogens with zero attached hydrogens (tertiary/aromatic N) is 4. The molecule has 1 aliphatic rings. The fourth-order valence-corrected chi connectivity index (χ4v) is 2.70. The van der Waals surface area contributed by atoms with Crippen molar-refractivity contribution in [2.75, 3.05) is 13.1 Å². The van der Waals surface area contributed by atoms with E-state index in [0.29, 0.717) is 6.54 Å². The summed E-state index contributed by atoms with van der Waals surface area (Å²) in [4.78, 5) is 4.64. The van der Waals surface area contributed by atoms with Crippen molar-refractivity contribution in [3.8, 4) is 0 Å². The van der Waals surface area contributed by atoms with Crippen LogP contribution in [0.1, 0.15) is 58.1 Å². The molecule has 0 saturated heterocycles. The van der Waals surface area contributed by atoms with Crippen LogP contribution in [0.2, 0.25) is 0 Å². The molecule has 0 spiro atoms. The Hall–Kier alpha value is -0.860. The van der Waals surface area contributed by atoms with Crippen molar-refractivity contribution in [2.24, 2.45) is 10.9 Å². The molecule has 1 aromatic heterocycles. The van der Waals surface area contributed by atoms with Crippen molar-refractivity contribution in [1.29, 1.82) is 0 Å². The zero-order chi connectivity index (χ0) is 15.8. The summed E-state index contributed by atoms with van der Waals surface area (Å²) < 4.78 is 2.20. The second-order valence-corrected chi connectivity index (χ2v) is 6.30. The van der Waals surface area contributed by atoms with Crippen LogP contribution in [0.3, 0.4) is 0 Å². The van der Waals surface area contributed by atoms with Crippen molar-refractivity contribution in [3.05, 3.63) is 11.6 Å². The van der Waals surface area contributed by atoms with Gasteiger partial charge >= 0.3 is 0 Å². The highest BCUT2D eigenvalue weighted by Crippen LogP contribution is 2.14. The van der Waals surface area contributed by atoms with Crippen LogP contribution in [0.5, 0.6) is 0 Å². The van der Waals surface area contributed by atoms with Gasteiger partial charge in [0, 0.05) is 26.1 Å². The van der Waals surface area contributed by atoms with Gasteiger partial charge in [0.2, 0.25) is 0 Å². The molecule has 0 aromatic carbocycles. The molecule has 0 radical (unpaired) electrons. The molecule has 0 bridgehead atoms. The lowest BCUT2D eigenvalue weighted by atomic mass is 10.1. The van der Waals surface area contributed by atoms with E-state index in [0.717, 1.165) is 49.6 Å². The third-order valence-corrected chi connectivity index (χ3v) is 3.91. The minimum Gasteiger partial charge on any atom is -0.357 e.